The summed E-state index contributed by atoms with van der Waals surface area (Å²) in [6.45, 7) is 1.96. The average Bonchev–Trinajstić information content (AvgIpc) is 3.41. The Hall–Kier alpha value is -3.34. The largest absolute Gasteiger partial charge is 0.298 e. The van der Waals surface area contributed by atoms with Crippen LogP contribution >= 0.6 is 22.7 Å². The number of amides is 1. The molecule has 7 nitrogen and oxygen atoms in total. The second kappa shape index (κ2) is 8.22. The average molecular weight is 495 g/mol. The number of aromatic nitrogens is 2. The monoisotopic (exact) mass is 494 g/mol. The van der Waals surface area contributed by atoms with E-state index in [4.69, 9.17) is 0 Å². The maximum atomic E-state index is 12.9. The number of benzene rings is 3. The molecule has 0 aliphatic heterocycles. The van der Waals surface area contributed by atoms with Crippen LogP contribution in [-0.4, -0.2) is 31.3 Å². The van der Waals surface area contributed by atoms with Gasteiger partial charge in [0.1, 0.15) is 0 Å². The maximum Gasteiger partial charge on any atom is 0.264 e. The van der Waals surface area contributed by atoms with Crippen molar-refractivity contribution >= 4 is 69.9 Å². The van der Waals surface area contributed by atoms with E-state index in [-0.39, 0.29) is 10.8 Å². The number of fused-ring (bicyclic) bond motifs is 3. The molecule has 1 amide bonds. The molecule has 5 rings (SSSR count). The SMILES string of the molecule is Cc1nc2ccc3nc(NC(=O)c4ccc(S(=O)(=O)N(C)c5ccccc5)cc4)sc3c2s1. The highest BCUT2D eigenvalue weighted by atomic mass is 32.2. The summed E-state index contributed by atoms with van der Waals surface area (Å²) in [5, 5.41) is 4.28. The number of aryl methyl sites for hydroxylation is 1. The molecule has 0 aliphatic carbocycles. The topological polar surface area (TPSA) is 92.3 Å². The molecule has 3 aromatic carbocycles. The second-order valence-corrected chi connectivity index (χ2v) is 11.5. The van der Waals surface area contributed by atoms with Gasteiger partial charge in [0.05, 0.1) is 36.0 Å². The Balaban J connectivity index is 1.37. The van der Waals surface area contributed by atoms with Crippen LogP contribution in [0.1, 0.15) is 15.4 Å². The number of nitrogens with zero attached hydrogens (tertiary/aromatic N) is 3. The maximum absolute atomic E-state index is 12.9. The summed E-state index contributed by atoms with van der Waals surface area (Å²) in [5.74, 6) is -0.355. The number of rotatable bonds is 5. The third-order valence-electron chi connectivity index (χ3n) is 5.13. The van der Waals surface area contributed by atoms with E-state index < -0.39 is 10.0 Å². The number of anilines is 2. The highest BCUT2D eigenvalue weighted by Crippen LogP contribution is 2.36. The van der Waals surface area contributed by atoms with Crippen molar-refractivity contribution in [3.8, 4) is 0 Å². The molecular formula is C23H18N4O3S3. The van der Waals surface area contributed by atoms with Crippen molar-refractivity contribution in [2.75, 3.05) is 16.7 Å². The molecule has 1 N–H and O–H groups in total. The summed E-state index contributed by atoms with van der Waals surface area (Å²) in [6.07, 6.45) is 0. The standard InChI is InChI=1S/C23H18N4O3S3/c1-14-24-18-12-13-19-21(20(18)31-14)32-23(25-19)26-22(28)15-8-10-17(11-9-15)33(29,30)27(2)16-6-4-3-5-7-16/h3-13H,1-2H3,(H,25,26,28). The molecule has 0 atom stereocenters. The Bertz CT molecular complexity index is 1590. The Morgan fingerprint density at radius 1 is 0.879 bits per heavy atom. The summed E-state index contributed by atoms with van der Waals surface area (Å²) in [6, 6.07) is 18.5. The van der Waals surface area contributed by atoms with Crippen LogP contribution in [0.15, 0.2) is 71.6 Å². The van der Waals surface area contributed by atoms with Crippen LogP contribution in [0.5, 0.6) is 0 Å². The van der Waals surface area contributed by atoms with Gasteiger partial charge in [0.25, 0.3) is 15.9 Å². The van der Waals surface area contributed by atoms with Gasteiger partial charge in [0, 0.05) is 12.6 Å². The van der Waals surface area contributed by atoms with Crippen LogP contribution in [0.4, 0.5) is 10.8 Å². The molecule has 0 spiro atoms. The van der Waals surface area contributed by atoms with E-state index >= 15 is 0 Å². The van der Waals surface area contributed by atoms with Gasteiger partial charge in [-0.25, -0.2) is 18.4 Å². The lowest BCUT2D eigenvalue weighted by molar-refractivity contribution is 0.102. The number of sulfonamides is 1. The second-order valence-electron chi connectivity index (χ2n) is 7.30. The first-order valence-corrected chi connectivity index (χ1v) is 13.0. The van der Waals surface area contributed by atoms with Gasteiger partial charge < -0.3 is 0 Å². The molecular weight excluding hydrogens is 476 g/mol. The van der Waals surface area contributed by atoms with Crippen molar-refractivity contribution in [3.05, 3.63) is 77.3 Å². The van der Waals surface area contributed by atoms with Crippen LogP contribution < -0.4 is 9.62 Å². The quantitative estimate of drug-likeness (QED) is 0.358. The molecule has 0 bridgehead atoms. The van der Waals surface area contributed by atoms with Crippen molar-refractivity contribution in [2.45, 2.75) is 11.8 Å². The van der Waals surface area contributed by atoms with E-state index in [2.05, 4.69) is 15.3 Å². The lowest BCUT2D eigenvalue weighted by Crippen LogP contribution is -2.26. The predicted molar refractivity (Wildman–Crippen MR) is 134 cm³/mol. The van der Waals surface area contributed by atoms with E-state index in [9.17, 15) is 13.2 Å². The predicted octanol–water partition coefficient (Wildman–Crippen LogP) is 5.29. The summed E-state index contributed by atoms with van der Waals surface area (Å²) < 4.78 is 29.1. The lowest BCUT2D eigenvalue weighted by Gasteiger charge is -2.19. The van der Waals surface area contributed by atoms with Crippen LogP contribution in [-0.2, 0) is 10.0 Å². The van der Waals surface area contributed by atoms with Gasteiger partial charge in [-0.3, -0.25) is 14.4 Å². The van der Waals surface area contributed by atoms with Gasteiger partial charge >= 0.3 is 0 Å². The normalized spacial score (nSPS) is 11.7. The number of hydrogen-bond donors (Lipinski definition) is 1. The number of hydrogen-bond acceptors (Lipinski definition) is 7. The first-order chi connectivity index (χ1) is 15.8. The van der Waals surface area contributed by atoms with E-state index in [0.29, 0.717) is 16.4 Å². The summed E-state index contributed by atoms with van der Waals surface area (Å²) in [7, 11) is -2.24. The molecule has 10 heteroatoms. The molecule has 2 heterocycles. The molecule has 166 valence electrons. The van der Waals surface area contributed by atoms with Crippen molar-refractivity contribution in [1.82, 2.24) is 9.97 Å². The smallest absolute Gasteiger partial charge is 0.264 e. The van der Waals surface area contributed by atoms with Crippen molar-refractivity contribution in [1.29, 1.82) is 0 Å². The minimum atomic E-state index is -3.74. The minimum absolute atomic E-state index is 0.105. The highest BCUT2D eigenvalue weighted by molar-refractivity contribution is 7.92. The third kappa shape index (κ3) is 3.97. The van der Waals surface area contributed by atoms with Crippen LogP contribution in [0.3, 0.4) is 0 Å². The van der Waals surface area contributed by atoms with Gasteiger partial charge in [-0.2, -0.15) is 0 Å². The molecule has 5 aromatic rings. The third-order valence-corrected chi connectivity index (χ3v) is 9.07. The number of carbonyl (C=O) groups excluding carboxylic acids is 1. The van der Waals surface area contributed by atoms with E-state index in [0.717, 1.165) is 25.4 Å². The highest BCUT2D eigenvalue weighted by Gasteiger charge is 2.22. The fourth-order valence-corrected chi connectivity index (χ4v) is 6.62. The van der Waals surface area contributed by atoms with Gasteiger partial charge in [-0.1, -0.05) is 29.5 Å². The fourth-order valence-electron chi connectivity index (χ4n) is 3.42. The molecule has 0 saturated carbocycles. The van der Waals surface area contributed by atoms with Crippen molar-refractivity contribution in [3.63, 3.8) is 0 Å². The zero-order valence-electron chi connectivity index (χ0n) is 17.6. The van der Waals surface area contributed by atoms with E-state index in [1.165, 1.54) is 47.0 Å². The Morgan fingerprint density at radius 3 is 2.21 bits per heavy atom. The van der Waals surface area contributed by atoms with Crippen LogP contribution in [0.25, 0.3) is 20.4 Å². The zero-order valence-corrected chi connectivity index (χ0v) is 20.1. The van der Waals surface area contributed by atoms with Gasteiger partial charge in [0.2, 0.25) is 0 Å². The van der Waals surface area contributed by atoms with E-state index in [1.807, 2.05) is 25.1 Å². The Labute approximate surface area is 198 Å². The number of para-hydroxylation sites is 1. The van der Waals surface area contributed by atoms with Gasteiger partial charge in [-0.05, 0) is 55.5 Å². The molecule has 0 aliphatic rings. The fraction of sp³-hybridized carbons (Fsp3) is 0.0870. The summed E-state index contributed by atoms with van der Waals surface area (Å²) in [5.41, 5.74) is 2.62. The molecule has 0 saturated heterocycles. The molecule has 0 fully saturated rings. The Kier molecular flexibility index (Phi) is 5.35. The molecule has 0 unspecified atom stereocenters. The zero-order chi connectivity index (χ0) is 23.2. The van der Waals surface area contributed by atoms with Crippen LogP contribution in [0.2, 0.25) is 0 Å². The van der Waals surface area contributed by atoms with Gasteiger partial charge in [0.15, 0.2) is 5.13 Å². The number of carbonyl (C=O) groups is 1. The van der Waals surface area contributed by atoms with Crippen molar-refractivity contribution in [2.24, 2.45) is 0 Å². The van der Waals surface area contributed by atoms with Crippen LogP contribution in [0, 0.1) is 6.92 Å². The molecule has 33 heavy (non-hydrogen) atoms. The lowest BCUT2D eigenvalue weighted by atomic mass is 10.2. The summed E-state index contributed by atoms with van der Waals surface area (Å²) in [4.78, 5) is 21.9. The molecule has 2 aromatic heterocycles. The van der Waals surface area contributed by atoms with E-state index in [1.54, 1.807) is 35.6 Å². The Morgan fingerprint density at radius 2 is 1.52 bits per heavy atom. The first-order valence-electron chi connectivity index (χ1n) is 9.95. The molecule has 0 radical (unpaired) electrons. The minimum Gasteiger partial charge on any atom is -0.298 e. The first kappa shape index (κ1) is 21.5. The van der Waals surface area contributed by atoms with Gasteiger partial charge in [-0.15, -0.1) is 11.3 Å². The summed E-state index contributed by atoms with van der Waals surface area (Å²) >= 11 is 3.00. The van der Waals surface area contributed by atoms with Crippen molar-refractivity contribution < 1.29 is 13.2 Å². The number of thiazole rings is 2. The number of nitrogens with one attached hydrogen (secondary N) is 1.